The molecule has 1 aromatic carbocycles. The summed E-state index contributed by atoms with van der Waals surface area (Å²) in [6, 6.07) is 11.1. The Labute approximate surface area is 103 Å². The van der Waals surface area contributed by atoms with Crippen LogP contribution in [0.5, 0.6) is 0 Å². The summed E-state index contributed by atoms with van der Waals surface area (Å²) in [5.74, 6) is 0. The maximum atomic E-state index is 9.56. The van der Waals surface area contributed by atoms with Crippen LogP contribution in [0.3, 0.4) is 0 Å². The SMILES string of the molecule is CC[C@@H]1NCCN(Cc2ccccc2)C1CO. The van der Waals surface area contributed by atoms with E-state index in [0.29, 0.717) is 6.04 Å². The molecule has 2 N–H and O–H groups in total. The first kappa shape index (κ1) is 12.6. The summed E-state index contributed by atoms with van der Waals surface area (Å²) in [6.07, 6.45) is 1.07. The lowest BCUT2D eigenvalue weighted by Gasteiger charge is -2.41. The molecule has 0 radical (unpaired) electrons. The summed E-state index contributed by atoms with van der Waals surface area (Å²) >= 11 is 0. The molecule has 0 saturated carbocycles. The summed E-state index contributed by atoms with van der Waals surface area (Å²) in [5.41, 5.74) is 1.32. The predicted octanol–water partition coefficient (Wildman–Crippen LogP) is 1.23. The van der Waals surface area contributed by atoms with Gasteiger partial charge >= 0.3 is 0 Å². The Bertz CT molecular complexity index is 328. The van der Waals surface area contributed by atoms with Gasteiger partial charge in [-0.15, -0.1) is 0 Å². The first-order valence-electron chi connectivity index (χ1n) is 6.47. The minimum Gasteiger partial charge on any atom is -0.395 e. The van der Waals surface area contributed by atoms with Gasteiger partial charge in [0.2, 0.25) is 0 Å². The predicted molar refractivity (Wildman–Crippen MR) is 69.8 cm³/mol. The fourth-order valence-electron chi connectivity index (χ4n) is 2.62. The molecule has 0 amide bonds. The lowest BCUT2D eigenvalue weighted by atomic mass is 10.0. The molecule has 2 rings (SSSR count). The number of aliphatic hydroxyl groups is 1. The average Bonchev–Trinajstić information content (AvgIpc) is 2.39. The average molecular weight is 234 g/mol. The van der Waals surface area contributed by atoms with Crippen molar-refractivity contribution in [1.82, 2.24) is 10.2 Å². The van der Waals surface area contributed by atoms with Gasteiger partial charge in [0.05, 0.1) is 6.61 Å². The molecule has 0 aliphatic carbocycles. The van der Waals surface area contributed by atoms with Gasteiger partial charge in [-0.05, 0) is 12.0 Å². The smallest absolute Gasteiger partial charge is 0.0602 e. The van der Waals surface area contributed by atoms with E-state index in [0.717, 1.165) is 26.1 Å². The first-order chi connectivity index (χ1) is 8.35. The van der Waals surface area contributed by atoms with Crippen molar-refractivity contribution in [3.63, 3.8) is 0 Å². The van der Waals surface area contributed by atoms with Gasteiger partial charge in [-0.3, -0.25) is 4.90 Å². The van der Waals surface area contributed by atoms with Crippen LogP contribution in [-0.4, -0.2) is 41.8 Å². The number of benzene rings is 1. The van der Waals surface area contributed by atoms with Gasteiger partial charge in [-0.2, -0.15) is 0 Å². The highest BCUT2D eigenvalue weighted by Crippen LogP contribution is 2.15. The Morgan fingerprint density at radius 3 is 2.76 bits per heavy atom. The standard InChI is InChI=1S/C14H22N2O/c1-2-13-14(11-17)16(9-8-15-13)10-12-6-4-3-5-7-12/h3-7,13-15,17H,2,8-11H2,1H3/t13-,14?/m0/s1. The summed E-state index contributed by atoms with van der Waals surface area (Å²) in [7, 11) is 0. The minimum absolute atomic E-state index is 0.234. The second-order valence-electron chi connectivity index (χ2n) is 4.67. The van der Waals surface area contributed by atoms with Crippen molar-refractivity contribution in [2.24, 2.45) is 0 Å². The van der Waals surface area contributed by atoms with Gasteiger partial charge in [0.25, 0.3) is 0 Å². The van der Waals surface area contributed by atoms with Gasteiger partial charge in [0.1, 0.15) is 0 Å². The van der Waals surface area contributed by atoms with E-state index < -0.39 is 0 Å². The van der Waals surface area contributed by atoms with Crippen LogP contribution in [0.1, 0.15) is 18.9 Å². The van der Waals surface area contributed by atoms with Crippen molar-refractivity contribution in [2.45, 2.75) is 32.0 Å². The summed E-state index contributed by atoms with van der Waals surface area (Å²) in [6.45, 7) is 5.37. The lowest BCUT2D eigenvalue weighted by Crippen LogP contribution is -2.58. The van der Waals surface area contributed by atoms with Gasteiger partial charge in [0.15, 0.2) is 0 Å². The van der Waals surface area contributed by atoms with Crippen molar-refractivity contribution < 1.29 is 5.11 Å². The Morgan fingerprint density at radius 1 is 1.35 bits per heavy atom. The Hall–Kier alpha value is -0.900. The van der Waals surface area contributed by atoms with E-state index >= 15 is 0 Å². The number of rotatable bonds is 4. The molecule has 2 atom stereocenters. The highest BCUT2D eigenvalue weighted by molar-refractivity contribution is 5.15. The fraction of sp³-hybridized carbons (Fsp3) is 0.571. The van der Waals surface area contributed by atoms with Crippen LogP contribution in [0.25, 0.3) is 0 Å². The third-order valence-corrected chi connectivity index (χ3v) is 3.59. The van der Waals surface area contributed by atoms with Gasteiger partial charge in [-0.25, -0.2) is 0 Å². The van der Waals surface area contributed by atoms with Crippen LogP contribution < -0.4 is 5.32 Å². The van der Waals surface area contributed by atoms with Gasteiger partial charge in [0, 0.05) is 31.7 Å². The molecule has 3 nitrogen and oxygen atoms in total. The van der Waals surface area contributed by atoms with Crippen LogP contribution in [0.4, 0.5) is 0 Å². The van der Waals surface area contributed by atoms with E-state index in [2.05, 4.69) is 41.4 Å². The maximum absolute atomic E-state index is 9.56. The maximum Gasteiger partial charge on any atom is 0.0602 e. The monoisotopic (exact) mass is 234 g/mol. The topological polar surface area (TPSA) is 35.5 Å². The zero-order chi connectivity index (χ0) is 12.1. The van der Waals surface area contributed by atoms with E-state index in [1.807, 2.05) is 6.07 Å². The van der Waals surface area contributed by atoms with Gasteiger partial charge in [-0.1, -0.05) is 37.3 Å². The zero-order valence-corrected chi connectivity index (χ0v) is 10.5. The highest BCUT2D eigenvalue weighted by atomic mass is 16.3. The molecular weight excluding hydrogens is 212 g/mol. The van der Waals surface area contributed by atoms with Crippen LogP contribution in [0.15, 0.2) is 30.3 Å². The molecule has 0 aromatic heterocycles. The van der Waals surface area contributed by atoms with Crippen LogP contribution in [-0.2, 0) is 6.54 Å². The van der Waals surface area contributed by atoms with E-state index in [4.69, 9.17) is 0 Å². The largest absolute Gasteiger partial charge is 0.395 e. The fourth-order valence-corrected chi connectivity index (χ4v) is 2.62. The summed E-state index contributed by atoms with van der Waals surface area (Å²) in [4.78, 5) is 2.39. The molecule has 1 aromatic rings. The molecule has 1 heterocycles. The van der Waals surface area contributed by atoms with E-state index in [1.165, 1.54) is 5.56 Å². The molecule has 94 valence electrons. The normalized spacial score (nSPS) is 26.0. The molecule has 1 unspecified atom stereocenters. The Kier molecular flexibility index (Phi) is 4.54. The number of nitrogens with zero attached hydrogens (tertiary/aromatic N) is 1. The number of hydrogen-bond donors (Lipinski definition) is 2. The number of hydrogen-bond acceptors (Lipinski definition) is 3. The second-order valence-corrected chi connectivity index (χ2v) is 4.67. The highest BCUT2D eigenvalue weighted by Gasteiger charge is 2.29. The zero-order valence-electron chi connectivity index (χ0n) is 10.5. The molecule has 17 heavy (non-hydrogen) atoms. The Balaban J connectivity index is 2.03. The van der Waals surface area contributed by atoms with Crippen molar-refractivity contribution >= 4 is 0 Å². The third kappa shape index (κ3) is 3.06. The van der Waals surface area contributed by atoms with Crippen molar-refractivity contribution in [3.8, 4) is 0 Å². The van der Waals surface area contributed by atoms with Crippen molar-refractivity contribution in [2.75, 3.05) is 19.7 Å². The number of piperazine rings is 1. The molecule has 1 aliphatic heterocycles. The lowest BCUT2D eigenvalue weighted by molar-refractivity contribution is 0.0605. The van der Waals surface area contributed by atoms with Crippen LogP contribution in [0, 0.1) is 0 Å². The van der Waals surface area contributed by atoms with Crippen molar-refractivity contribution in [1.29, 1.82) is 0 Å². The number of nitrogens with one attached hydrogen (secondary N) is 1. The number of aliphatic hydroxyl groups excluding tert-OH is 1. The molecule has 1 fully saturated rings. The summed E-state index contributed by atoms with van der Waals surface area (Å²) < 4.78 is 0. The molecule has 1 aliphatic rings. The first-order valence-corrected chi connectivity index (χ1v) is 6.47. The second kappa shape index (κ2) is 6.15. The molecule has 0 spiro atoms. The van der Waals surface area contributed by atoms with Crippen LogP contribution in [0.2, 0.25) is 0 Å². The molecule has 3 heteroatoms. The minimum atomic E-state index is 0.234. The summed E-state index contributed by atoms with van der Waals surface area (Å²) in [5, 5.41) is 13.0. The van der Waals surface area contributed by atoms with E-state index in [-0.39, 0.29) is 12.6 Å². The molecule has 0 bridgehead atoms. The molecular formula is C14H22N2O. The molecule has 1 saturated heterocycles. The Morgan fingerprint density at radius 2 is 2.12 bits per heavy atom. The third-order valence-electron chi connectivity index (χ3n) is 3.59. The van der Waals surface area contributed by atoms with E-state index in [9.17, 15) is 5.11 Å². The van der Waals surface area contributed by atoms with E-state index in [1.54, 1.807) is 0 Å². The van der Waals surface area contributed by atoms with Crippen LogP contribution >= 0.6 is 0 Å². The van der Waals surface area contributed by atoms with Crippen molar-refractivity contribution in [3.05, 3.63) is 35.9 Å². The van der Waals surface area contributed by atoms with Gasteiger partial charge < -0.3 is 10.4 Å². The quantitative estimate of drug-likeness (QED) is 0.822.